The fourth-order valence-electron chi connectivity index (χ4n) is 3.37. The van der Waals surface area contributed by atoms with E-state index < -0.39 is 0 Å². The predicted molar refractivity (Wildman–Crippen MR) is 116 cm³/mol. The van der Waals surface area contributed by atoms with Crippen molar-refractivity contribution in [3.63, 3.8) is 0 Å². The number of halogens is 2. The lowest BCUT2D eigenvalue weighted by Crippen LogP contribution is -2.13. The van der Waals surface area contributed by atoms with E-state index in [1.54, 1.807) is 42.5 Å². The maximum absolute atomic E-state index is 13.3. The number of nitrogens with one attached hydrogen (secondary N) is 1. The van der Waals surface area contributed by atoms with Gasteiger partial charge < -0.3 is 5.32 Å². The molecule has 0 unspecified atom stereocenters. The first-order valence-electron chi connectivity index (χ1n) is 9.15. The minimum Gasteiger partial charge on any atom is -0.322 e. The molecule has 0 aliphatic carbocycles. The number of hydrogen-bond donors (Lipinski definition) is 1. The highest BCUT2D eigenvalue weighted by molar-refractivity contribution is 6.30. The standard InChI is InChI=1S/C24H18ClFN2O/c1-14-11-15(2)23-20(12-14)21(24(29)27-19-9-5-17(25)6-10-19)13-22(28-23)16-3-7-18(26)8-4-16/h3-13H,1-2H3,(H,27,29). The maximum atomic E-state index is 13.3. The van der Waals surface area contributed by atoms with Gasteiger partial charge in [0.15, 0.2) is 0 Å². The number of fused-ring (bicyclic) bond motifs is 1. The first-order valence-corrected chi connectivity index (χ1v) is 9.53. The number of carbonyl (C=O) groups excluding carboxylic acids is 1. The number of pyridine rings is 1. The van der Waals surface area contributed by atoms with Crippen LogP contribution in [0.4, 0.5) is 10.1 Å². The van der Waals surface area contributed by atoms with Crippen LogP contribution in [0.15, 0.2) is 66.7 Å². The minimum atomic E-state index is -0.318. The first kappa shape index (κ1) is 19.1. The monoisotopic (exact) mass is 404 g/mol. The van der Waals surface area contributed by atoms with E-state index >= 15 is 0 Å². The van der Waals surface area contributed by atoms with Gasteiger partial charge in [0.25, 0.3) is 5.91 Å². The smallest absolute Gasteiger partial charge is 0.256 e. The molecule has 1 heterocycles. The number of nitrogens with zero attached hydrogens (tertiary/aromatic N) is 1. The summed E-state index contributed by atoms with van der Waals surface area (Å²) < 4.78 is 13.3. The van der Waals surface area contributed by atoms with Gasteiger partial charge >= 0.3 is 0 Å². The van der Waals surface area contributed by atoms with Gasteiger partial charge in [-0.2, -0.15) is 0 Å². The van der Waals surface area contributed by atoms with Gasteiger partial charge in [0.2, 0.25) is 0 Å². The molecule has 0 radical (unpaired) electrons. The summed E-state index contributed by atoms with van der Waals surface area (Å²) in [6.45, 7) is 3.96. The molecule has 5 heteroatoms. The summed E-state index contributed by atoms with van der Waals surface area (Å²) in [5, 5.41) is 4.30. The van der Waals surface area contributed by atoms with Gasteiger partial charge in [0.05, 0.1) is 16.8 Å². The topological polar surface area (TPSA) is 42.0 Å². The van der Waals surface area contributed by atoms with E-state index in [0.29, 0.717) is 22.0 Å². The highest BCUT2D eigenvalue weighted by atomic mass is 35.5. The molecule has 1 N–H and O–H groups in total. The molecule has 29 heavy (non-hydrogen) atoms. The van der Waals surface area contributed by atoms with Gasteiger partial charge in [-0.05, 0) is 80.1 Å². The highest BCUT2D eigenvalue weighted by Crippen LogP contribution is 2.29. The molecule has 0 aliphatic rings. The van der Waals surface area contributed by atoms with Crippen molar-refractivity contribution in [2.75, 3.05) is 5.32 Å². The van der Waals surface area contributed by atoms with Crippen molar-refractivity contribution in [3.05, 3.63) is 94.3 Å². The third kappa shape index (κ3) is 3.98. The Morgan fingerprint density at radius 1 is 0.966 bits per heavy atom. The van der Waals surface area contributed by atoms with Gasteiger partial charge in [0.1, 0.15) is 5.82 Å². The van der Waals surface area contributed by atoms with E-state index in [-0.39, 0.29) is 11.7 Å². The number of carbonyl (C=O) groups is 1. The molecule has 0 bridgehead atoms. The molecule has 0 saturated heterocycles. The predicted octanol–water partition coefficient (Wildman–Crippen LogP) is 6.56. The van der Waals surface area contributed by atoms with Crippen LogP contribution in [-0.4, -0.2) is 10.9 Å². The Morgan fingerprint density at radius 2 is 1.66 bits per heavy atom. The minimum absolute atomic E-state index is 0.243. The zero-order valence-electron chi connectivity index (χ0n) is 16.0. The third-order valence-electron chi connectivity index (χ3n) is 4.74. The summed E-state index contributed by atoms with van der Waals surface area (Å²) in [5.41, 5.74) is 5.29. The summed E-state index contributed by atoms with van der Waals surface area (Å²) in [6.07, 6.45) is 0. The van der Waals surface area contributed by atoms with Crippen molar-refractivity contribution in [2.24, 2.45) is 0 Å². The second kappa shape index (κ2) is 7.64. The second-order valence-corrected chi connectivity index (χ2v) is 7.44. The Morgan fingerprint density at radius 3 is 2.34 bits per heavy atom. The van der Waals surface area contributed by atoms with Gasteiger partial charge in [-0.25, -0.2) is 9.37 Å². The fourth-order valence-corrected chi connectivity index (χ4v) is 3.49. The van der Waals surface area contributed by atoms with E-state index in [2.05, 4.69) is 5.32 Å². The Kier molecular flexibility index (Phi) is 5.03. The van der Waals surface area contributed by atoms with Crippen LogP contribution < -0.4 is 5.32 Å². The second-order valence-electron chi connectivity index (χ2n) is 7.00. The molecule has 4 aromatic rings. The zero-order chi connectivity index (χ0) is 20.5. The quantitative estimate of drug-likeness (QED) is 0.420. The number of anilines is 1. The number of amides is 1. The lowest BCUT2D eigenvalue weighted by atomic mass is 9.99. The van der Waals surface area contributed by atoms with Crippen LogP contribution in [0.3, 0.4) is 0 Å². The van der Waals surface area contributed by atoms with Crippen molar-refractivity contribution in [3.8, 4) is 11.3 Å². The van der Waals surface area contributed by atoms with Crippen LogP contribution in [0.25, 0.3) is 22.2 Å². The molecule has 0 spiro atoms. The summed E-state index contributed by atoms with van der Waals surface area (Å²) >= 11 is 5.93. The Hall–Kier alpha value is -3.24. The largest absolute Gasteiger partial charge is 0.322 e. The zero-order valence-corrected chi connectivity index (χ0v) is 16.7. The summed E-state index contributed by atoms with van der Waals surface area (Å²) in [5.74, 6) is -0.560. The van der Waals surface area contributed by atoms with Gasteiger partial charge in [0, 0.05) is 21.7 Å². The maximum Gasteiger partial charge on any atom is 0.256 e. The number of aryl methyl sites for hydroxylation is 2. The molecule has 1 amide bonds. The molecular formula is C24H18ClFN2O. The van der Waals surface area contributed by atoms with Crippen LogP contribution >= 0.6 is 11.6 Å². The summed E-state index contributed by atoms with van der Waals surface area (Å²) in [7, 11) is 0. The van der Waals surface area contributed by atoms with Gasteiger partial charge in [-0.1, -0.05) is 23.2 Å². The van der Waals surface area contributed by atoms with Crippen LogP contribution in [0, 0.1) is 19.7 Å². The number of benzene rings is 3. The lowest BCUT2D eigenvalue weighted by Gasteiger charge is -2.13. The molecule has 3 nitrogen and oxygen atoms in total. The van der Waals surface area contributed by atoms with Crippen molar-refractivity contribution in [2.45, 2.75) is 13.8 Å². The fraction of sp³-hybridized carbons (Fsp3) is 0.0833. The Labute approximate surface area is 173 Å². The van der Waals surface area contributed by atoms with E-state index in [1.165, 1.54) is 12.1 Å². The van der Waals surface area contributed by atoms with Crippen LogP contribution in [0.1, 0.15) is 21.5 Å². The van der Waals surface area contributed by atoms with E-state index in [9.17, 15) is 9.18 Å². The first-order chi connectivity index (χ1) is 13.9. The van der Waals surface area contributed by atoms with Crippen molar-refractivity contribution in [1.82, 2.24) is 4.98 Å². The number of rotatable bonds is 3. The number of hydrogen-bond acceptors (Lipinski definition) is 2. The van der Waals surface area contributed by atoms with Crippen molar-refractivity contribution in [1.29, 1.82) is 0 Å². The van der Waals surface area contributed by atoms with Crippen LogP contribution in [0.2, 0.25) is 5.02 Å². The average molecular weight is 405 g/mol. The summed E-state index contributed by atoms with van der Waals surface area (Å²) in [4.78, 5) is 17.9. The average Bonchev–Trinajstić information content (AvgIpc) is 2.69. The Balaban J connectivity index is 1.86. The number of aromatic nitrogens is 1. The SMILES string of the molecule is Cc1cc(C)c2nc(-c3ccc(F)cc3)cc(C(=O)Nc3ccc(Cl)cc3)c2c1. The third-order valence-corrected chi connectivity index (χ3v) is 4.99. The van der Waals surface area contributed by atoms with E-state index in [0.717, 1.165) is 27.6 Å². The summed E-state index contributed by atoms with van der Waals surface area (Å²) in [6, 6.07) is 18.8. The van der Waals surface area contributed by atoms with E-state index in [4.69, 9.17) is 16.6 Å². The molecule has 3 aromatic carbocycles. The lowest BCUT2D eigenvalue weighted by molar-refractivity contribution is 0.102. The van der Waals surface area contributed by atoms with Crippen molar-refractivity contribution < 1.29 is 9.18 Å². The molecule has 1 aromatic heterocycles. The van der Waals surface area contributed by atoms with Crippen molar-refractivity contribution >= 4 is 34.1 Å². The van der Waals surface area contributed by atoms with Crippen LogP contribution in [-0.2, 0) is 0 Å². The van der Waals surface area contributed by atoms with Gasteiger partial charge in [-0.3, -0.25) is 4.79 Å². The highest BCUT2D eigenvalue weighted by Gasteiger charge is 2.16. The molecule has 0 atom stereocenters. The molecule has 0 saturated carbocycles. The molecule has 4 rings (SSSR count). The Bertz CT molecular complexity index is 1220. The van der Waals surface area contributed by atoms with Crippen LogP contribution in [0.5, 0.6) is 0 Å². The normalized spacial score (nSPS) is 10.9. The molecule has 0 fully saturated rings. The molecule has 144 valence electrons. The van der Waals surface area contributed by atoms with E-state index in [1.807, 2.05) is 26.0 Å². The van der Waals surface area contributed by atoms with Gasteiger partial charge in [-0.15, -0.1) is 0 Å². The molecular weight excluding hydrogens is 387 g/mol. The molecule has 0 aliphatic heterocycles.